The summed E-state index contributed by atoms with van der Waals surface area (Å²) in [7, 11) is 0.00385. The Bertz CT molecular complexity index is 916. The van der Waals surface area contributed by atoms with Crippen LogP contribution in [0.2, 0.25) is 5.02 Å². The number of non-ortho nitro benzene ring substituents is 1. The third kappa shape index (κ3) is 3.62. The fourth-order valence-electron chi connectivity index (χ4n) is 2.13. The Kier molecular flexibility index (Phi) is 5.39. The van der Waals surface area contributed by atoms with Crippen molar-refractivity contribution >= 4 is 33.0 Å². The summed E-state index contributed by atoms with van der Waals surface area (Å²) < 4.78 is 36.7. The molecule has 8 nitrogen and oxygen atoms in total. The van der Waals surface area contributed by atoms with E-state index in [2.05, 4.69) is 0 Å². The number of nitro groups is 1. The van der Waals surface area contributed by atoms with Crippen LogP contribution < -0.4 is 13.8 Å². The van der Waals surface area contributed by atoms with Crippen LogP contribution in [0.25, 0.3) is 0 Å². The molecule has 0 N–H and O–H groups in total. The highest BCUT2D eigenvalue weighted by Crippen LogP contribution is 2.35. The fraction of sp³-hybridized carbons (Fsp3) is 0.200. The van der Waals surface area contributed by atoms with Gasteiger partial charge in [-0.2, -0.15) is 0 Å². The quantitative estimate of drug-likeness (QED) is 0.558. The monoisotopic (exact) mass is 386 g/mol. The van der Waals surface area contributed by atoms with Crippen molar-refractivity contribution in [2.75, 3.05) is 25.6 Å². The van der Waals surface area contributed by atoms with Crippen LogP contribution in [0, 0.1) is 10.1 Å². The third-order valence-corrected chi connectivity index (χ3v) is 5.56. The second kappa shape index (κ2) is 7.16. The summed E-state index contributed by atoms with van der Waals surface area (Å²) in [5.74, 6) is 0.507. The van der Waals surface area contributed by atoms with Gasteiger partial charge in [0.1, 0.15) is 17.2 Å². The van der Waals surface area contributed by atoms with Gasteiger partial charge in [0.2, 0.25) is 0 Å². The van der Waals surface area contributed by atoms with Gasteiger partial charge in [0.05, 0.1) is 29.1 Å². The van der Waals surface area contributed by atoms with Gasteiger partial charge in [-0.05, 0) is 24.3 Å². The Morgan fingerprint density at radius 1 is 1.08 bits per heavy atom. The van der Waals surface area contributed by atoms with Gasteiger partial charge >= 0.3 is 0 Å². The van der Waals surface area contributed by atoms with E-state index in [-0.39, 0.29) is 27.0 Å². The van der Waals surface area contributed by atoms with Crippen LogP contribution in [0.4, 0.5) is 11.4 Å². The van der Waals surface area contributed by atoms with Crippen LogP contribution in [0.15, 0.2) is 41.3 Å². The van der Waals surface area contributed by atoms with Crippen LogP contribution in [0.3, 0.4) is 0 Å². The van der Waals surface area contributed by atoms with Crippen molar-refractivity contribution in [1.29, 1.82) is 0 Å². The summed E-state index contributed by atoms with van der Waals surface area (Å²) in [6.07, 6.45) is 0. The van der Waals surface area contributed by atoms with Gasteiger partial charge in [-0.1, -0.05) is 11.6 Å². The number of ether oxygens (including phenoxy) is 2. The Morgan fingerprint density at radius 2 is 1.68 bits per heavy atom. The van der Waals surface area contributed by atoms with Crippen LogP contribution in [0.5, 0.6) is 11.5 Å². The number of anilines is 1. The first-order valence-electron chi connectivity index (χ1n) is 6.87. The lowest BCUT2D eigenvalue weighted by Gasteiger charge is -2.21. The minimum atomic E-state index is -4.02. The molecule has 0 bridgehead atoms. The lowest BCUT2D eigenvalue weighted by Crippen LogP contribution is -2.27. The molecule has 0 aliphatic carbocycles. The normalized spacial score (nSPS) is 11.0. The first kappa shape index (κ1) is 18.8. The first-order chi connectivity index (χ1) is 11.7. The molecule has 0 atom stereocenters. The van der Waals surface area contributed by atoms with E-state index >= 15 is 0 Å². The first-order valence-corrected chi connectivity index (χ1v) is 8.69. The molecule has 2 aromatic carbocycles. The number of sulfonamides is 1. The van der Waals surface area contributed by atoms with E-state index in [1.807, 2.05) is 0 Å². The van der Waals surface area contributed by atoms with Gasteiger partial charge in [0.25, 0.3) is 15.7 Å². The molecular formula is C15H15ClN2O6S. The number of hydrogen-bond acceptors (Lipinski definition) is 6. The highest BCUT2D eigenvalue weighted by atomic mass is 35.5. The maximum absolute atomic E-state index is 12.8. The van der Waals surface area contributed by atoms with Gasteiger partial charge in [0, 0.05) is 19.2 Å². The van der Waals surface area contributed by atoms with Crippen LogP contribution in [0.1, 0.15) is 0 Å². The van der Waals surface area contributed by atoms with Crippen molar-refractivity contribution in [3.63, 3.8) is 0 Å². The lowest BCUT2D eigenvalue weighted by molar-refractivity contribution is -0.384. The standard InChI is InChI=1S/C15H15ClN2O6S/c1-17(13-8-10(18(19)20)4-6-15(13)24-3)25(21,22)11-5-7-14(23-2)12(16)9-11/h4-9H,1-3H3. The van der Waals surface area contributed by atoms with Crippen molar-refractivity contribution in [1.82, 2.24) is 0 Å². The number of benzene rings is 2. The molecule has 0 fully saturated rings. The van der Waals surface area contributed by atoms with E-state index in [0.29, 0.717) is 5.75 Å². The molecule has 0 aliphatic rings. The highest BCUT2D eigenvalue weighted by Gasteiger charge is 2.26. The molecule has 0 radical (unpaired) electrons. The van der Waals surface area contributed by atoms with Crippen molar-refractivity contribution in [2.24, 2.45) is 0 Å². The van der Waals surface area contributed by atoms with Crippen molar-refractivity contribution in [3.8, 4) is 11.5 Å². The van der Waals surface area contributed by atoms with E-state index in [9.17, 15) is 18.5 Å². The van der Waals surface area contributed by atoms with E-state index in [0.717, 1.165) is 10.4 Å². The second-order valence-electron chi connectivity index (χ2n) is 4.88. The molecule has 0 unspecified atom stereocenters. The number of nitro benzene ring substituents is 1. The number of rotatable bonds is 6. The molecule has 10 heteroatoms. The highest BCUT2D eigenvalue weighted by molar-refractivity contribution is 7.92. The summed E-state index contributed by atoms with van der Waals surface area (Å²) in [5.41, 5.74) is -0.228. The van der Waals surface area contributed by atoms with Crippen molar-refractivity contribution in [3.05, 3.63) is 51.5 Å². The number of hydrogen-bond donors (Lipinski definition) is 0. The van der Waals surface area contributed by atoms with Crippen molar-refractivity contribution in [2.45, 2.75) is 4.90 Å². The molecular weight excluding hydrogens is 372 g/mol. The Labute approximate surface area is 149 Å². The molecule has 0 amide bonds. The maximum atomic E-state index is 12.8. The average molecular weight is 387 g/mol. The predicted molar refractivity (Wildman–Crippen MR) is 93.2 cm³/mol. The Hall–Kier alpha value is -2.52. The zero-order chi connectivity index (χ0) is 18.8. The Balaban J connectivity index is 2.55. The number of halogens is 1. The third-order valence-electron chi connectivity index (χ3n) is 3.49. The largest absolute Gasteiger partial charge is 0.495 e. The number of methoxy groups -OCH3 is 2. The van der Waals surface area contributed by atoms with Gasteiger partial charge in [-0.3, -0.25) is 14.4 Å². The lowest BCUT2D eigenvalue weighted by atomic mass is 10.2. The second-order valence-corrected chi connectivity index (χ2v) is 7.26. The van der Waals surface area contributed by atoms with Gasteiger partial charge in [-0.25, -0.2) is 8.42 Å². The zero-order valence-corrected chi connectivity index (χ0v) is 15.2. The predicted octanol–water partition coefficient (Wildman–Crippen LogP) is 3.09. The summed E-state index contributed by atoms with van der Waals surface area (Å²) in [4.78, 5) is 10.3. The number of nitrogens with zero attached hydrogens (tertiary/aromatic N) is 2. The summed E-state index contributed by atoms with van der Waals surface area (Å²) in [5, 5.41) is 11.1. The summed E-state index contributed by atoms with van der Waals surface area (Å²) in [6, 6.07) is 7.69. The molecule has 0 saturated heterocycles. The zero-order valence-electron chi connectivity index (χ0n) is 13.6. The molecule has 2 rings (SSSR count). The van der Waals surface area contributed by atoms with E-state index in [4.69, 9.17) is 21.1 Å². The van der Waals surface area contributed by atoms with Crippen molar-refractivity contribution < 1.29 is 22.8 Å². The van der Waals surface area contributed by atoms with Crippen LogP contribution >= 0.6 is 11.6 Å². The smallest absolute Gasteiger partial charge is 0.271 e. The molecule has 134 valence electrons. The van der Waals surface area contributed by atoms with E-state index in [1.165, 1.54) is 51.6 Å². The topological polar surface area (TPSA) is 99.0 Å². The molecule has 0 heterocycles. The maximum Gasteiger partial charge on any atom is 0.271 e. The van der Waals surface area contributed by atoms with E-state index in [1.54, 1.807) is 0 Å². The van der Waals surface area contributed by atoms with E-state index < -0.39 is 14.9 Å². The van der Waals surface area contributed by atoms with Gasteiger partial charge in [-0.15, -0.1) is 0 Å². The van der Waals surface area contributed by atoms with Gasteiger partial charge in [0.15, 0.2) is 0 Å². The molecule has 0 spiro atoms. The van der Waals surface area contributed by atoms with Crippen LogP contribution in [-0.2, 0) is 10.0 Å². The SMILES string of the molecule is COc1ccc(S(=O)(=O)N(C)c2cc([N+](=O)[O-])ccc2OC)cc1Cl. The van der Waals surface area contributed by atoms with Gasteiger partial charge < -0.3 is 9.47 Å². The summed E-state index contributed by atoms with van der Waals surface area (Å²) in [6.45, 7) is 0. The Morgan fingerprint density at radius 3 is 2.20 bits per heavy atom. The molecule has 25 heavy (non-hydrogen) atoms. The summed E-state index contributed by atoms with van der Waals surface area (Å²) >= 11 is 5.99. The fourth-order valence-corrected chi connectivity index (χ4v) is 3.68. The van der Waals surface area contributed by atoms with Crippen LogP contribution in [-0.4, -0.2) is 34.6 Å². The minimum Gasteiger partial charge on any atom is -0.495 e. The average Bonchev–Trinajstić information content (AvgIpc) is 2.60. The molecule has 0 aliphatic heterocycles. The molecule has 0 saturated carbocycles. The minimum absolute atomic E-state index is 0.0311. The molecule has 0 aromatic heterocycles. The molecule has 2 aromatic rings.